The topological polar surface area (TPSA) is 80.0 Å². The molecule has 0 spiro atoms. The highest BCUT2D eigenvalue weighted by Gasteiger charge is 2.06. The number of carbonyl (C=O) groups is 1. The van der Waals surface area contributed by atoms with E-state index in [2.05, 4.69) is 15.8 Å². The predicted octanol–water partition coefficient (Wildman–Crippen LogP) is 0.990. The molecular weight excluding hydrogens is 216 g/mol. The van der Waals surface area contributed by atoms with Crippen LogP contribution < -0.4 is 16.6 Å². The minimum absolute atomic E-state index is 0.177. The van der Waals surface area contributed by atoms with E-state index in [0.29, 0.717) is 11.4 Å². The fourth-order valence-electron chi connectivity index (χ4n) is 1.62. The average molecular weight is 230 g/mol. The van der Waals surface area contributed by atoms with Crippen molar-refractivity contribution in [3.05, 3.63) is 35.4 Å². The van der Waals surface area contributed by atoms with Crippen LogP contribution in [0.5, 0.6) is 0 Å². The number of anilines is 1. The van der Waals surface area contributed by atoms with Crippen molar-refractivity contribution in [3.8, 4) is 0 Å². The second-order valence-electron chi connectivity index (χ2n) is 3.80. The van der Waals surface area contributed by atoms with Crippen LogP contribution in [0.15, 0.2) is 24.3 Å². The summed E-state index contributed by atoms with van der Waals surface area (Å²) in [5, 5.41) is 0.903. The number of hydrazine groups is 1. The summed E-state index contributed by atoms with van der Waals surface area (Å²) in [5.41, 5.74) is 13.1. The van der Waals surface area contributed by atoms with Crippen LogP contribution in [0.2, 0.25) is 0 Å². The molecule has 0 atom stereocenters. The van der Waals surface area contributed by atoms with Crippen LogP contribution in [0.3, 0.4) is 0 Å². The molecule has 2 aromatic rings. The van der Waals surface area contributed by atoms with Crippen molar-refractivity contribution < 1.29 is 4.79 Å². The van der Waals surface area contributed by atoms with Gasteiger partial charge in [0, 0.05) is 18.0 Å². The Morgan fingerprint density at radius 2 is 2.12 bits per heavy atom. The molecule has 0 saturated heterocycles. The van der Waals surface area contributed by atoms with Crippen LogP contribution >= 0.6 is 0 Å². The van der Waals surface area contributed by atoms with Crippen LogP contribution in [0.25, 0.3) is 10.9 Å². The summed E-state index contributed by atoms with van der Waals surface area (Å²) in [6.45, 7) is 1.89. The summed E-state index contributed by atoms with van der Waals surface area (Å²) in [5.74, 6) is 0.341. The Bertz CT molecular complexity index is 580. The van der Waals surface area contributed by atoms with E-state index in [9.17, 15) is 4.79 Å². The largest absolute Gasteiger partial charge is 0.383 e. The molecule has 1 heterocycles. The molecule has 2 rings (SSSR count). The van der Waals surface area contributed by atoms with Crippen molar-refractivity contribution >= 4 is 22.6 Å². The number of nitrogens with one attached hydrogen (secondary N) is 2. The first-order valence-electron chi connectivity index (χ1n) is 5.26. The standard InChI is InChI=1S/C12H14N4O/c1-7-5-9-6-8(12(17)16-14-2)3-4-10(9)15-11(7)13/h3-6,14H,1-2H3,(H2,13,15)(H,16,17). The lowest BCUT2D eigenvalue weighted by atomic mass is 10.1. The van der Waals surface area contributed by atoms with Gasteiger partial charge in [-0.15, -0.1) is 0 Å². The maximum absolute atomic E-state index is 11.6. The number of amides is 1. The number of nitrogen functional groups attached to an aromatic ring is 1. The van der Waals surface area contributed by atoms with Gasteiger partial charge in [0.1, 0.15) is 5.82 Å². The molecule has 0 aliphatic carbocycles. The molecule has 88 valence electrons. The molecular formula is C12H14N4O. The summed E-state index contributed by atoms with van der Waals surface area (Å²) >= 11 is 0. The molecule has 0 aliphatic rings. The molecule has 0 fully saturated rings. The lowest BCUT2D eigenvalue weighted by Gasteiger charge is -2.06. The summed E-state index contributed by atoms with van der Waals surface area (Å²) in [7, 11) is 1.64. The third-order valence-corrected chi connectivity index (χ3v) is 2.55. The van der Waals surface area contributed by atoms with Crippen molar-refractivity contribution in [2.45, 2.75) is 6.92 Å². The van der Waals surface area contributed by atoms with Crippen molar-refractivity contribution in [2.24, 2.45) is 0 Å². The van der Waals surface area contributed by atoms with Crippen LogP contribution in [-0.2, 0) is 0 Å². The van der Waals surface area contributed by atoms with E-state index >= 15 is 0 Å². The lowest BCUT2D eigenvalue weighted by molar-refractivity contribution is 0.0938. The molecule has 0 aliphatic heterocycles. The molecule has 1 amide bonds. The van der Waals surface area contributed by atoms with E-state index < -0.39 is 0 Å². The van der Waals surface area contributed by atoms with Gasteiger partial charge in [-0.25, -0.2) is 10.4 Å². The van der Waals surface area contributed by atoms with E-state index in [0.717, 1.165) is 16.5 Å². The second-order valence-corrected chi connectivity index (χ2v) is 3.80. The number of nitrogens with zero attached hydrogens (tertiary/aromatic N) is 1. The lowest BCUT2D eigenvalue weighted by Crippen LogP contribution is -2.34. The molecule has 1 aromatic heterocycles. The quantitative estimate of drug-likeness (QED) is 0.672. The number of aryl methyl sites for hydroxylation is 1. The predicted molar refractivity (Wildman–Crippen MR) is 67.4 cm³/mol. The number of fused-ring (bicyclic) bond motifs is 1. The SMILES string of the molecule is CNNC(=O)c1ccc2nc(N)c(C)cc2c1. The number of aromatic nitrogens is 1. The number of benzene rings is 1. The molecule has 4 N–H and O–H groups in total. The highest BCUT2D eigenvalue weighted by atomic mass is 16.2. The molecule has 1 aromatic carbocycles. The Labute approximate surface area is 99.0 Å². The maximum atomic E-state index is 11.6. The first kappa shape index (κ1) is 11.3. The second kappa shape index (κ2) is 4.39. The number of rotatable bonds is 2. The van der Waals surface area contributed by atoms with Gasteiger partial charge in [0.2, 0.25) is 0 Å². The van der Waals surface area contributed by atoms with Gasteiger partial charge < -0.3 is 5.73 Å². The van der Waals surface area contributed by atoms with E-state index in [-0.39, 0.29) is 5.91 Å². The first-order valence-corrected chi connectivity index (χ1v) is 5.26. The van der Waals surface area contributed by atoms with Crippen LogP contribution in [0.4, 0.5) is 5.82 Å². The molecule has 0 saturated carbocycles. The molecule has 5 nitrogen and oxygen atoms in total. The fourth-order valence-corrected chi connectivity index (χ4v) is 1.62. The zero-order valence-electron chi connectivity index (χ0n) is 9.74. The van der Waals surface area contributed by atoms with Crippen LogP contribution in [0.1, 0.15) is 15.9 Å². The molecule has 17 heavy (non-hydrogen) atoms. The summed E-state index contributed by atoms with van der Waals surface area (Å²) in [6.07, 6.45) is 0. The third-order valence-electron chi connectivity index (χ3n) is 2.55. The van der Waals surface area contributed by atoms with Gasteiger partial charge in [-0.1, -0.05) is 0 Å². The van der Waals surface area contributed by atoms with Gasteiger partial charge in [-0.2, -0.15) is 0 Å². The van der Waals surface area contributed by atoms with Gasteiger partial charge in [-0.05, 0) is 36.8 Å². The Hall–Kier alpha value is -2.14. The Morgan fingerprint density at radius 3 is 2.82 bits per heavy atom. The summed E-state index contributed by atoms with van der Waals surface area (Å²) in [6, 6.07) is 7.22. The molecule has 5 heteroatoms. The Morgan fingerprint density at radius 1 is 1.35 bits per heavy atom. The number of carbonyl (C=O) groups excluding carboxylic acids is 1. The van der Waals surface area contributed by atoms with Gasteiger partial charge >= 0.3 is 0 Å². The van der Waals surface area contributed by atoms with E-state index in [1.165, 1.54) is 0 Å². The minimum atomic E-state index is -0.177. The van der Waals surface area contributed by atoms with Crippen molar-refractivity contribution in [3.63, 3.8) is 0 Å². The smallest absolute Gasteiger partial charge is 0.265 e. The normalized spacial score (nSPS) is 10.5. The average Bonchev–Trinajstić information content (AvgIpc) is 2.30. The molecule has 0 radical (unpaired) electrons. The fraction of sp³-hybridized carbons (Fsp3) is 0.167. The first-order chi connectivity index (χ1) is 8.11. The summed E-state index contributed by atoms with van der Waals surface area (Å²) < 4.78 is 0. The number of hydrogen-bond donors (Lipinski definition) is 3. The van der Waals surface area contributed by atoms with Gasteiger partial charge in [0.15, 0.2) is 0 Å². The summed E-state index contributed by atoms with van der Waals surface area (Å²) in [4.78, 5) is 15.9. The van der Waals surface area contributed by atoms with Crippen LogP contribution in [0, 0.1) is 6.92 Å². The van der Waals surface area contributed by atoms with Crippen molar-refractivity contribution in [2.75, 3.05) is 12.8 Å². The zero-order valence-corrected chi connectivity index (χ0v) is 9.74. The highest BCUT2D eigenvalue weighted by molar-refractivity contribution is 5.98. The van der Waals surface area contributed by atoms with Crippen molar-refractivity contribution in [1.82, 2.24) is 15.8 Å². The van der Waals surface area contributed by atoms with Gasteiger partial charge in [0.05, 0.1) is 5.52 Å². The van der Waals surface area contributed by atoms with E-state index in [1.807, 2.05) is 13.0 Å². The monoisotopic (exact) mass is 230 g/mol. The van der Waals surface area contributed by atoms with Gasteiger partial charge in [0.25, 0.3) is 5.91 Å². The molecule has 0 unspecified atom stereocenters. The third kappa shape index (κ3) is 2.19. The molecule has 0 bridgehead atoms. The Kier molecular flexibility index (Phi) is 2.93. The zero-order chi connectivity index (χ0) is 12.4. The number of hydrogen-bond acceptors (Lipinski definition) is 4. The van der Waals surface area contributed by atoms with Crippen molar-refractivity contribution in [1.29, 1.82) is 0 Å². The Balaban J connectivity index is 2.50. The van der Waals surface area contributed by atoms with E-state index in [1.54, 1.807) is 25.2 Å². The minimum Gasteiger partial charge on any atom is -0.383 e. The van der Waals surface area contributed by atoms with Crippen LogP contribution in [-0.4, -0.2) is 17.9 Å². The number of pyridine rings is 1. The van der Waals surface area contributed by atoms with E-state index in [4.69, 9.17) is 5.73 Å². The highest BCUT2D eigenvalue weighted by Crippen LogP contribution is 2.19. The van der Waals surface area contributed by atoms with Gasteiger partial charge in [-0.3, -0.25) is 10.2 Å². The maximum Gasteiger partial charge on any atom is 0.265 e. The number of nitrogens with two attached hydrogens (primary N) is 1.